The van der Waals surface area contributed by atoms with Gasteiger partial charge in [0, 0.05) is 18.8 Å². The number of halogens is 2. The largest absolute Gasteiger partial charge is 0.344 e. The van der Waals surface area contributed by atoms with Gasteiger partial charge in [0.1, 0.15) is 17.7 Å². The van der Waals surface area contributed by atoms with Crippen LogP contribution in [0.25, 0.3) is 0 Å². The summed E-state index contributed by atoms with van der Waals surface area (Å²) in [5.74, 6) is -2.00. The van der Waals surface area contributed by atoms with E-state index in [-0.39, 0.29) is 17.5 Å². The second kappa shape index (κ2) is 10.5. The van der Waals surface area contributed by atoms with Crippen molar-refractivity contribution in [2.24, 2.45) is 0 Å². The Bertz CT molecular complexity index is 891. The molecule has 0 aliphatic rings. The van der Waals surface area contributed by atoms with Crippen molar-refractivity contribution < 1.29 is 18.4 Å². The van der Waals surface area contributed by atoms with E-state index in [1.54, 1.807) is 12.5 Å². The van der Waals surface area contributed by atoms with Crippen molar-refractivity contribution in [1.29, 1.82) is 0 Å². The van der Waals surface area contributed by atoms with Gasteiger partial charge in [-0.3, -0.25) is 9.59 Å². The summed E-state index contributed by atoms with van der Waals surface area (Å²) in [6, 6.07) is 2.16. The number of hydrogen-bond donors (Lipinski definition) is 2. The molecule has 7 nitrogen and oxygen atoms in total. The van der Waals surface area contributed by atoms with Crippen molar-refractivity contribution in [3.63, 3.8) is 0 Å². The normalized spacial score (nSPS) is 12.6. The van der Waals surface area contributed by atoms with Crippen molar-refractivity contribution >= 4 is 17.6 Å². The molecule has 0 aliphatic heterocycles. The van der Waals surface area contributed by atoms with Gasteiger partial charge in [-0.25, -0.2) is 13.8 Å². The van der Waals surface area contributed by atoms with E-state index < -0.39 is 29.5 Å². The number of aromatic nitrogens is 2. The Hall–Kier alpha value is -2.81. The van der Waals surface area contributed by atoms with Crippen molar-refractivity contribution in [2.75, 3.05) is 26.0 Å². The van der Waals surface area contributed by atoms with E-state index in [1.165, 1.54) is 0 Å². The zero-order valence-electron chi connectivity index (χ0n) is 18.7. The van der Waals surface area contributed by atoms with Crippen LogP contribution in [0.4, 0.5) is 14.6 Å². The fourth-order valence-electron chi connectivity index (χ4n) is 3.49. The molecular formula is C22H31F2N5O2. The number of carbonyl (C=O) groups is 2. The van der Waals surface area contributed by atoms with Crippen molar-refractivity contribution in [3.05, 3.63) is 47.9 Å². The van der Waals surface area contributed by atoms with Gasteiger partial charge in [-0.05, 0) is 52.1 Å². The van der Waals surface area contributed by atoms with E-state index in [0.717, 1.165) is 24.7 Å². The molecule has 1 atom stereocenters. The highest BCUT2D eigenvalue weighted by Gasteiger charge is 2.24. The minimum Gasteiger partial charge on any atom is -0.344 e. The van der Waals surface area contributed by atoms with E-state index in [4.69, 9.17) is 0 Å². The van der Waals surface area contributed by atoms with Crippen molar-refractivity contribution in [3.8, 4) is 0 Å². The highest BCUT2D eigenvalue weighted by molar-refractivity contribution is 5.96. The maximum absolute atomic E-state index is 13.3. The number of anilines is 1. The summed E-state index contributed by atoms with van der Waals surface area (Å²) in [7, 11) is 3.97. The van der Waals surface area contributed by atoms with Gasteiger partial charge >= 0.3 is 0 Å². The predicted octanol–water partition coefficient (Wildman–Crippen LogP) is 2.92. The molecule has 0 spiro atoms. The van der Waals surface area contributed by atoms with E-state index in [1.807, 2.05) is 25.6 Å². The monoisotopic (exact) mass is 435 g/mol. The Morgan fingerprint density at radius 3 is 2.42 bits per heavy atom. The average Bonchev–Trinajstić information content (AvgIpc) is 3.08. The van der Waals surface area contributed by atoms with Crippen LogP contribution in [0.15, 0.2) is 30.7 Å². The second-order valence-corrected chi connectivity index (χ2v) is 8.57. The Morgan fingerprint density at radius 1 is 1.19 bits per heavy atom. The van der Waals surface area contributed by atoms with Gasteiger partial charge in [-0.2, -0.15) is 0 Å². The molecule has 31 heavy (non-hydrogen) atoms. The maximum Gasteiger partial charge on any atom is 0.248 e. The van der Waals surface area contributed by atoms with Gasteiger partial charge in [0.2, 0.25) is 11.8 Å². The summed E-state index contributed by atoms with van der Waals surface area (Å²) < 4.78 is 28.6. The Balaban J connectivity index is 2.02. The van der Waals surface area contributed by atoms with Gasteiger partial charge in [-0.15, -0.1) is 0 Å². The standard InChI is InChI=1S/C22H31F2N5O2/c1-6-7-18(26-20(30)10-15-8-16(23)11-17(24)9-15)21(31)27-19-12-29(14-25-19)22(2,3)13-28(4)5/h8-9,11-12,14,18H,6-7,10,13H2,1-5H3,(H,26,30)(H,27,31)/t18-/m0/s1. The van der Waals surface area contributed by atoms with Crippen molar-refractivity contribution in [2.45, 2.75) is 51.6 Å². The SMILES string of the molecule is CCC[C@H](NC(=O)Cc1cc(F)cc(F)c1)C(=O)Nc1cn(C(C)(C)CN(C)C)cn1. The van der Waals surface area contributed by atoms with Gasteiger partial charge in [0.05, 0.1) is 18.3 Å². The molecule has 0 bridgehead atoms. The summed E-state index contributed by atoms with van der Waals surface area (Å²) in [5.41, 5.74) is -0.0240. The van der Waals surface area contributed by atoms with Crippen molar-refractivity contribution in [1.82, 2.24) is 19.8 Å². The summed E-state index contributed by atoms with van der Waals surface area (Å²) in [5, 5.41) is 5.39. The number of carbonyl (C=O) groups excluding carboxylic acids is 2. The lowest BCUT2D eigenvalue weighted by molar-refractivity contribution is -0.126. The minimum absolute atomic E-state index is 0.201. The third kappa shape index (κ3) is 7.43. The lowest BCUT2D eigenvalue weighted by Gasteiger charge is -2.29. The van der Waals surface area contributed by atoms with Gasteiger partial charge in [0.15, 0.2) is 5.82 Å². The van der Waals surface area contributed by atoms with Crippen LogP contribution in [0.1, 0.15) is 39.2 Å². The Labute approximate surface area is 181 Å². The lowest BCUT2D eigenvalue weighted by atomic mass is 10.1. The number of imidazole rings is 1. The van der Waals surface area contributed by atoms with Crippen LogP contribution in [-0.4, -0.2) is 52.9 Å². The molecule has 1 heterocycles. The molecule has 2 amide bonds. The molecule has 0 aliphatic carbocycles. The fraction of sp³-hybridized carbons (Fsp3) is 0.500. The first-order valence-electron chi connectivity index (χ1n) is 10.2. The number of rotatable bonds is 10. The van der Waals surface area contributed by atoms with E-state index >= 15 is 0 Å². The topological polar surface area (TPSA) is 79.3 Å². The Morgan fingerprint density at radius 2 is 1.84 bits per heavy atom. The molecule has 2 aromatic rings. The van der Waals surface area contributed by atoms with Crippen LogP contribution in [0.5, 0.6) is 0 Å². The first kappa shape index (κ1) is 24.5. The Kier molecular flexibility index (Phi) is 8.27. The third-order valence-electron chi connectivity index (χ3n) is 4.75. The average molecular weight is 436 g/mol. The van der Waals surface area contributed by atoms with E-state index in [0.29, 0.717) is 18.7 Å². The summed E-state index contributed by atoms with van der Waals surface area (Å²) in [6.45, 7) is 6.81. The first-order valence-corrected chi connectivity index (χ1v) is 10.2. The number of likely N-dealkylation sites (N-methyl/N-ethyl adjacent to an activating group) is 1. The molecule has 0 saturated carbocycles. The minimum atomic E-state index is -0.782. The van der Waals surface area contributed by atoms with Gasteiger partial charge in [0.25, 0.3) is 0 Å². The smallest absolute Gasteiger partial charge is 0.248 e. The zero-order chi connectivity index (χ0) is 23.2. The molecule has 0 saturated heterocycles. The van der Waals surface area contributed by atoms with Gasteiger partial charge < -0.3 is 20.1 Å². The number of amides is 2. The number of hydrogen-bond acceptors (Lipinski definition) is 4. The quantitative estimate of drug-likeness (QED) is 0.602. The number of benzene rings is 1. The van der Waals surface area contributed by atoms with E-state index in [9.17, 15) is 18.4 Å². The number of nitrogens with one attached hydrogen (secondary N) is 2. The molecular weight excluding hydrogens is 404 g/mol. The third-order valence-corrected chi connectivity index (χ3v) is 4.75. The van der Waals surface area contributed by atoms with E-state index in [2.05, 4.69) is 34.4 Å². The van der Waals surface area contributed by atoms with Gasteiger partial charge in [-0.1, -0.05) is 13.3 Å². The predicted molar refractivity (Wildman–Crippen MR) is 116 cm³/mol. The van der Waals surface area contributed by atoms with Crippen LogP contribution in [0.2, 0.25) is 0 Å². The first-order chi connectivity index (χ1) is 14.5. The van der Waals surface area contributed by atoms with Crippen LogP contribution in [0, 0.1) is 11.6 Å². The van der Waals surface area contributed by atoms with Crippen LogP contribution < -0.4 is 10.6 Å². The molecule has 170 valence electrons. The molecule has 0 unspecified atom stereocenters. The molecule has 1 aromatic carbocycles. The summed E-state index contributed by atoms with van der Waals surface area (Å²) in [4.78, 5) is 31.4. The van der Waals surface area contributed by atoms with Crippen LogP contribution >= 0.6 is 0 Å². The summed E-state index contributed by atoms with van der Waals surface area (Å²) >= 11 is 0. The number of nitrogens with zero attached hydrogens (tertiary/aromatic N) is 3. The molecule has 9 heteroatoms. The maximum atomic E-state index is 13.3. The second-order valence-electron chi connectivity index (χ2n) is 8.57. The lowest BCUT2D eigenvalue weighted by Crippen LogP contribution is -2.44. The molecule has 0 radical (unpaired) electrons. The highest BCUT2D eigenvalue weighted by Crippen LogP contribution is 2.18. The van der Waals surface area contributed by atoms with Crippen LogP contribution in [0.3, 0.4) is 0 Å². The molecule has 2 N–H and O–H groups in total. The van der Waals surface area contributed by atoms with Crippen LogP contribution in [-0.2, 0) is 21.5 Å². The summed E-state index contributed by atoms with van der Waals surface area (Å²) in [6.07, 6.45) is 4.27. The molecule has 0 fully saturated rings. The molecule has 2 rings (SSSR count). The zero-order valence-corrected chi connectivity index (χ0v) is 18.7. The highest BCUT2D eigenvalue weighted by atomic mass is 19.1. The molecule has 1 aromatic heterocycles. The fourth-order valence-corrected chi connectivity index (χ4v) is 3.49.